The van der Waals surface area contributed by atoms with E-state index in [-0.39, 0.29) is 5.91 Å². The van der Waals surface area contributed by atoms with E-state index in [9.17, 15) is 4.79 Å². The molecule has 8 nitrogen and oxygen atoms in total. The number of amides is 1. The van der Waals surface area contributed by atoms with Crippen molar-refractivity contribution in [1.82, 2.24) is 19.5 Å². The average Bonchev–Trinajstić information content (AvgIpc) is 3.20. The Kier molecular flexibility index (Phi) is 6.33. The van der Waals surface area contributed by atoms with Crippen molar-refractivity contribution in [3.63, 3.8) is 0 Å². The van der Waals surface area contributed by atoms with Crippen LogP contribution in [0.2, 0.25) is 5.02 Å². The standard InChI is InChI=1S/C28H23ClN6O2/c1-4-22(36)34-19-9-5-18(6-10-19)26-24(25-27(30)31-15-32-28(25)35(26)3)17-7-11-20(12-8-17)37-23-14-13-21(29)16(2)33-23/h4-15H,1H2,2-3H3,(H,34,36)(H2,30,31,32). The zero-order valence-electron chi connectivity index (χ0n) is 20.2. The van der Waals surface area contributed by atoms with Gasteiger partial charge < -0.3 is 20.4 Å². The molecule has 0 saturated heterocycles. The van der Waals surface area contributed by atoms with Crippen LogP contribution in [0.25, 0.3) is 33.4 Å². The number of fused-ring (bicyclic) bond motifs is 1. The lowest BCUT2D eigenvalue weighted by atomic mass is 9.98. The molecular formula is C28H23ClN6O2. The first-order valence-electron chi connectivity index (χ1n) is 11.4. The van der Waals surface area contributed by atoms with Gasteiger partial charge in [-0.1, -0.05) is 42.4 Å². The summed E-state index contributed by atoms with van der Waals surface area (Å²) in [5.41, 5.74) is 12.1. The second kappa shape index (κ2) is 9.75. The van der Waals surface area contributed by atoms with Gasteiger partial charge in [-0.25, -0.2) is 15.0 Å². The molecule has 0 fully saturated rings. The van der Waals surface area contributed by atoms with Crippen molar-refractivity contribution in [2.24, 2.45) is 7.05 Å². The summed E-state index contributed by atoms with van der Waals surface area (Å²) in [7, 11) is 1.94. The van der Waals surface area contributed by atoms with E-state index in [1.807, 2.05) is 67.1 Å². The number of nitrogens with one attached hydrogen (secondary N) is 1. The molecule has 0 spiro atoms. The summed E-state index contributed by atoms with van der Waals surface area (Å²) in [5, 5.41) is 4.11. The van der Waals surface area contributed by atoms with Crippen LogP contribution < -0.4 is 15.8 Å². The van der Waals surface area contributed by atoms with E-state index in [0.717, 1.165) is 27.8 Å². The maximum atomic E-state index is 11.7. The van der Waals surface area contributed by atoms with E-state index in [4.69, 9.17) is 22.1 Å². The van der Waals surface area contributed by atoms with E-state index >= 15 is 0 Å². The number of pyridine rings is 1. The Morgan fingerprint density at radius 3 is 2.43 bits per heavy atom. The Balaban J connectivity index is 1.58. The third kappa shape index (κ3) is 4.62. The second-order valence-corrected chi connectivity index (χ2v) is 8.76. The summed E-state index contributed by atoms with van der Waals surface area (Å²) in [4.78, 5) is 24.8. The summed E-state index contributed by atoms with van der Waals surface area (Å²) >= 11 is 6.07. The molecule has 0 aliphatic rings. The second-order valence-electron chi connectivity index (χ2n) is 8.35. The van der Waals surface area contributed by atoms with Crippen molar-refractivity contribution in [2.75, 3.05) is 11.1 Å². The number of aryl methyl sites for hydroxylation is 2. The van der Waals surface area contributed by atoms with Gasteiger partial charge in [0.05, 0.1) is 21.8 Å². The van der Waals surface area contributed by atoms with Gasteiger partial charge in [0.25, 0.3) is 0 Å². The molecule has 37 heavy (non-hydrogen) atoms. The molecule has 9 heteroatoms. The minimum Gasteiger partial charge on any atom is -0.439 e. The number of carbonyl (C=O) groups excluding carboxylic acids is 1. The zero-order valence-corrected chi connectivity index (χ0v) is 21.0. The van der Waals surface area contributed by atoms with E-state index in [1.54, 1.807) is 12.1 Å². The molecule has 3 N–H and O–H groups in total. The highest BCUT2D eigenvalue weighted by Crippen LogP contribution is 2.42. The van der Waals surface area contributed by atoms with Crippen molar-refractivity contribution < 1.29 is 9.53 Å². The quantitative estimate of drug-likeness (QED) is 0.265. The minimum atomic E-state index is -0.271. The van der Waals surface area contributed by atoms with Crippen LogP contribution in [0.3, 0.4) is 0 Å². The molecule has 0 atom stereocenters. The first-order chi connectivity index (χ1) is 17.9. The van der Waals surface area contributed by atoms with Gasteiger partial charge in [0.2, 0.25) is 11.8 Å². The van der Waals surface area contributed by atoms with Gasteiger partial charge in [-0.3, -0.25) is 4.79 Å². The molecule has 3 heterocycles. The molecule has 3 aromatic heterocycles. The number of rotatable bonds is 6. The van der Waals surface area contributed by atoms with E-state index in [1.165, 1.54) is 12.4 Å². The normalized spacial score (nSPS) is 10.9. The molecule has 5 rings (SSSR count). The molecular weight excluding hydrogens is 488 g/mol. The molecule has 184 valence electrons. The number of nitrogen functional groups attached to an aromatic ring is 1. The number of benzene rings is 2. The number of anilines is 2. The third-order valence-corrected chi connectivity index (χ3v) is 6.37. The Morgan fingerprint density at radius 1 is 1.05 bits per heavy atom. The number of aromatic nitrogens is 4. The maximum Gasteiger partial charge on any atom is 0.247 e. The Morgan fingerprint density at radius 2 is 1.76 bits per heavy atom. The van der Waals surface area contributed by atoms with Crippen molar-refractivity contribution in [1.29, 1.82) is 0 Å². The van der Waals surface area contributed by atoms with Gasteiger partial charge in [-0.2, -0.15) is 0 Å². The van der Waals surface area contributed by atoms with Crippen LogP contribution in [-0.2, 0) is 11.8 Å². The van der Waals surface area contributed by atoms with Crippen molar-refractivity contribution in [3.8, 4) is 34.0 Å². The van der Waals surface area contributed by atoms with Crippen LogP contribution in [0.15, 0.2) is 79.6 Å². The summed E-state index contributed by atoms with van der Waals surface area (Å²) in [6.45, 7) is 5.32. The smallest absolute Gasteiger partial charge is 0.247 e. The summed E-state index contributed by atoms with van der Waals surface area (Å²) in [5.74, 6) is 1.21. The average molecular weight is 511 g/mol. The third-order valence-electron chi connectivity index (χ3n) is 5.97. The molecule has 0 aliphatic carbocycles. The SMILES string of the molecule is C=CC(=O)Nc1ccc(-c2c(-c3ccc(Oc4ccc(Cl)c(C)n4)cc3)c3c(N)ncnc3n2C)cc1. The van der Waals surface area contributed by atoms with Crippen LogP contribution in [0.1, 0.15) is 5.69 Å². The molecule has 0 aliphatic heterocycles. The predicted octanol–water partition coefficient (Wildman–Crippen LogP) is 6.16. The molecule has 0 radical (unpaired) electrons. The Labute approximate surface area is 218 Å². The fourth-order valence-corrected chi connectivity index (χ4v) is 4.29. The van der Waals surface area contributed by atoms with Crippen LogP contribution in [0.4, 0.5) is 11.5 Å². The lowest BCUT2D eigenvalue weighted by Gasteiger charge is -2.11. The highest BCUT2D eigenvalue weighted by Gasteiger charge is 2.22. The largest absolute Gasteiger partial charge is 0.439 e. The summed E-state index contributed by atoms with van der Waals surface area (Å²) < 4.78 is 7.92. The van der Waals surface area contributed by atoms with Gasteiger partial charge in [-0.05, 0) is 54.5 Å². The fraction of sp³-hybridized carbons (Fsp3) is 0.0714. The number of carbonyl (C=O) groups is 1. The van der Waals surface area contributed by atoms with Gasteiger partial charge >= 0.3 is 0 Å². The Hall–Kier alpha value is -4.69. The van der Waals surface area contributed by atoms with Crippen LogP contribution in [-0.4, -0.2) is 25.4 Å². The van der Waals surface area contributed by atoms with E-state index in [2.05, 4.69) is 26.8 Å². The number of hydrogen-bond acceptors (Lipinski definition) is 6. The number of ether oxygens (including phenoxy) is 1. The molecule has 1 amide bonds. The lowest BCUT2D eigenvalue weighted by Crippen LogP contribution is -2.06. The highest BCUT2D eigenvalue weighted by molar-refractivity contribution is 6.31. The van der Waals surface area contributed by atoms with Gasteiger partial charge in [0, 0.05) is 24.4 Å². The number of hydrogen-bond donors (Lipinski definition) is 2. The van der Waals surface area contributed by atoms with E-state index in [0.29, 0.717) is 39.5 Å². The van der Waals surface area contributed by atoms with Gasteiger partial charge in [-0.15, -0.1) is 0 Å². The molecule has 0 unspecified atom stereocenters. The fourth-order valence-electron chi connectivity index (χ4n) is 4.19. The number of nitrogens with zero attached hydrogens (tertiary/aromatic N) is 4. The molecule has 0 bridgehead atoms. The van der Waals surface area contributed by atoms with Crippen molar-refractivity contribution in [2.45, 2.75) is 6.92 Å². The molecule has 2 aromatic carbocycles. The van der Waals surface area contributed by atoms with Crippen LogP contribution in [0, 0.1) is 6.92 Å². The van der Waals surface area contributed by atoms with Crippen LogP contribution >= 0.6 is 11.6 Å². The lowest BCUT2D eigenvalue weighted by molar-refractivity contribution is -0.111. The zero-order chi connectivity index (χ0) is 26.1. The first kappa shape index (κ1) is 24.0. The van der Waals surface area contributed by atoms with Crippen molar-refractivity contribution in [3.05, 3.63) is 90.4 Å². The predicted molar refractivity (Wildman–Crippen MR) is 147 cm³/mol. The number of nitrogens with two attached hydrogens (primary N) is 1. The minimum absolute atomic E-state index is 0.271. The van der Waals surface area contributed by atoms with E-state index < -0.39 is 0 Å². The topological polar surface area (TPSA) is 108 Å². The monoisotopic (exact) mass is 510 g/mol. The highest BCUT2D eigenvalue weighted by atomic mass is 35.5. The summed E-state index contributed by atoms with van der Waals surface area (Å²) in [6.07, 6.45) is 2.69. The molecule has 0 saturated carbocycles. The van der Waals surface area contributed by atoms with Crippen molar-refractivity contribution >= 4 is 40.0 Å². The maximum absolute atomic E-state index is 11.7. The Bertz CT molecular complexity index is 1640. The van der Waals surface area contributed by atoms with Crippen LogP contribution in [0.5, 0.6) is 11.6 Å². The van der Waals surface area contributed by atoms with Gasteiger partial charge in [0.15, 0.2) is 0 Å². The first-order valence-corrected chi connectivity index (χ1v) is 11.8. The number of halogens is 1. The summed E-state index contributed by atoms with van der Waals surface area (Å²) in [6, 6.07) is 18.7. The molecule has 5 aromatic rings. The van der Waals surface area contributed by atoms with Gasteiger partial charge in [0.1, 0.15) is 23.5 Å².